The highest BCUT2D eigenvalue weighted by molar-refractivity contribution is 5.59. The molecule has 0 saturated heterocycles. The van der Waals surface area contributed by atoms with Gasteiger partial charge in [-0.05, 0) is 26.0 Å². The Balaban J connectivity index is 2.41. The molecule has 80 valence electrons. The summed E-state index contributed by atoms with van der Waals surface area (Å²) in [5.74, 6) is 1.32. The van der Waals surface area contributed by atoms with Gasteiger partial charge in [-0.2, -0.15) is 5.10 Å². The van der Waals surface area contributed by atoms with E-state index in [9.17, 15) is 5.11 Å². The quantitative estimate of drug-likeness (QED) is 0.818. The topological polar surface area (TPSA) is 51.2 Å². The van der Waals surface area contributed by atoms with Gasteiger partial charge in [0.05, 0.1) is 11.3 Å². The molecule has 2 heterocycles. The van der Waals surface area contributed by atoms with Gasteiger partial charge in [0, 0.05) is 13.2 Å². The Morgan fingerprint density at radius 3 is 2.67 bits per heavy atom. The normalized spacial score (nSPS) is 13.1. The van der Waals surface area contributed by atoms with Crippen molar-refractivity contribution in [3.05, 3.63) is 29.8 Å². The number of hydrogen-bond acceptors (Lipinski definition) is 3. The van der Waals surface area contributed by atoms with Crippen molar-refractivity contribution in [2.75, 3.05) is 0 Å². The van der Waals surface area contributed by atoms with Crippen molar-refractivity contribution in [2.24, 2.45) is 7.05 Å². The van der Waals surface area contributed by atoms with Crippen molar-refractivity contribution in [1.29, 1.82) is 0 Å². The molecule has 1 N–H and O–H groups in total. The van der Waals surface area contributed by atoms with Crippen LogP contribution in [0.2, 0.25) is 0 Å². The molecule has 0 aliphatic heterocycles. The maximum Gasteiger partial charge on any atom is 0.137 e. The number of aryl methyl sites for hydroxylation is 2. The monoisotopic (exact) mass is 206 g/mol. The van der Waals surface area contributed by atoms with E-state index in [2.05, 4.69) is 5.10 Å². The highest BCUT2D eigenvalue weighted by Gasteiger charge is 2.12. The number of aliphatic hydroxyl groups excluding tert-OH is 1. The Kier molecular flexibility index (Phi) is 2.36. The van der Waals surface area contributed by atoms with Gasteiger partial charge in [-0.3, -0.25) is 4.68 Å². The van der Waals surface area contributed by atoms with Gasteiger partial charge in [-0.15, -0.1) is 0 Å². The molecule has 4 heteroatoms. The van der Waals surface area contributed by atoms with E-state index >= 15 is 0 Å². The fraction of sp³-hybridized carbons (Fsp3) is 0.364. The Labute approximate surface area is 88.1 Å². The lowest BCUT2D eigenvalue weighted by atomic mass is 10.2. The lowest BCUT2D eigenvalue weighted by Gasteiger charge is -1.97. The van der Waals surface area contributed by atoms with Crippen molar-refractivity contribution in [3.63, 3.8) is 0 Å². The van der Waals surface area contributed by atoms with Gasteiger partial charge in [0.25, 0.3) is 0 Å². The van der Waals surface area contributed by atoms with Gasteiger partial charge in [0.15, 0.2) is 0 Å². The van der Waals surface area contributed by atoms with Crippen LogP contribution in [0.1, 0.15) is 24.5 Å². The Hall–Kier alpha value is -1.55. The van der Waals surface area contributed by atoms with E-state index in [0.717, 1.165) is 17.0 Å². The van der Waals surface area contributed by atoms with E-state index in [1.54, 1.807) is 17.7 Å². The van der Waals surface area contributed by atoms with E-state index in [4.69, 9.17) is 4.42 Å². The lowest BCUT2D eigenvalue weighted by molar-refractivity contribution is 0.170. The van der Waals surface area contributed by atoms with Crippen molar-refractivity contribution in [1.82, 2.24) is 9.78 Å². The fourth-order valence-electron chi connectivity index (χ4n) is 1.56. The molecule has 2 aromatic rings. The van der Waals surface area contributed by atoms with E-state index in [1.165, 1.54) is 0 Å². The van der Waals surface area contributed by atoms with Crippen LogP contribution in [0.25, 0.3) is 11.3 Å². The van der Waals surface area contributed by atoms with Crippen LogP contribution in [0.5, 0.6) is 0 Å². The van der Waals surface area contributed by atoms with Gasteiger partial charge in [-0.25, -0.2) is 0 Å². The molecule has 0 amide bonds. The van der Waals surface area contributed by atoms with Gasteiger partial charge < -0.3 is 9.52 Å². The zero-order chi connectivity index (χ0) is 11.0. The summed E-state index contributed by atoms with van der Waals surface area (Å²) in [6.45, 7) is 3.61. The second-order valence-electron chi connectivity index (χ2n) is 3.68. The van der Waals surface area contributed by atoms with Crippen LogP contribution in [0.3, 0.4) is 0 Å². The van der Waals surface area contributed by atoms with Crippen molar-refractivity contribution < 1.29 is 9.52 Å². The average Bonchev–Trinajstić information content (AvgIpc) is 2.71. The molecule has 0 radical (unpaired) electrons. The van der Waals surface area contributed by atoms with Crippen LogP contribution in [-0.4, -0.2) is 14.9 Å². The zero-order valence-corrected chi connectivity index (χ0v) is 9.06. The zero-order valence-electron chi connectivity index (χ0n) is 9.06. The Morgan fingerprint density at radius 1 is 1.47 bits per heavy atom. The second kappa shape index (κ2) is 3.55. The third kappa shape index (κ3) is 1.80. The highest BCUT2D eigenvalue weighted by atomic mass is 16.4. The molecule has 15 heavy (non-hydrogen) atoms. The molecule has 0 saturated carbocycles. The van der Waals surface area contributed by atoms with Crippen LogP contribution in [0, 0.1) is 6.92 Å². The van der Waals surface area contributed by atoms with Crippen LogP contribution < -0.4 is 0 Å². The van der Waals surface area contributed by atoms with Gasteiger partial charge >= 0.3 is 0 Å². The summed E-state index contributed by atoms with van der Waals surface area (Å²) >= 11 is 0. The number of hydrogen-bond donors (Lipinski definition) is 1. The van der Waals surface area contributed by atoms with Crippen LogP contribution in [0.4, 0.5) is 0 Å². The Morgan fingerprint density at radius 2 is 2.20 bits per heavy atom. The first kappa shape index (κ1) is 9.98. The first-order valence-corrected chi connectivity index (χ1v) is 4.86. The SMILES string of the molecule is Cc1nn(C)cc1-c1ccc(C(C)O)o1. The molecule has 1 atom stereocenters. The van der Waals surface area contributed by atoms with E-state index in [1.807, 2.05) is 26.2 Å². The van der Waals surface area contributed by atoms with Crippen molar-refractivity contribution >= 4 is 0 Å². The molecule has 1 unspecified atom stereocenters. The summed E-state index contributed by atoms with van der Waals surface area (Å²) in [4.78, 5) is 0. The molecular weight excluding hydrogens is 192 g/mol. The summed E-state index contributed by atoms with van der Waals surface area (Å²) in [7, 11) is 1.87. The molecule has 2 rings (SSSR count). The maximum absolute atomic E-state index is 9.34. The highest BCUT2D eigenvalue weighted by Crippen LogP contribution is 2.26. The minimum atomic E-state index is -0.573. The maximum atomic E-state index is 9.34. The van der Waals surface area contributed by atoms with Crippen molar-refractivity contribution in [2.45, 2.75) is 20.0 Å². The lowest BCUT2D eigenvalue weighted by Crippen LogP contribution is -1.86. The standard InChI is InChI=1S/C11H14N2O2/c1-7-9(6-13(3)12-7)11-5-4-10(15-11)8(2)14/h4-6,8,14H,1-3H3. The summed E-state index contributed by atoms with van der Waals surface area (Å²) in [5.41, 5.74) is 1.88. The minimum Gasteiger partial charge on any atom is -0.458 e. The number of aromatic nitrogens is 2. The first-order chi connectivity index (χ1) is 7.08. The molecule has 0 aliphatic carbocycles. The molecule has 4 nitrogen and oxygen atoms in total. The molecule has 0 aliphatic rings. The minimum absolute atomic E-state index is 0.573. The molecule has 2 aromatic heterocycles. The largest absolute Gasteiger partial charge is 0.458 e. The molecule has 0 aromatic carbocycles. The predicted molar refractivity (Wildman–Crippen MR) is 56.3 cm³/mol. The fourth-order valence-corrected chi connectivity index (χ4v) is 1.56. The molecule has 0 bridgehead atoms. The summed E-state index contributed by atoms with van der Waals surface area (Å²) in [5, 5.41) is 13.6. The van der Waals surface area contributed by atoms with Crippen molar-refractivity contribution in [3.8, 4) is 11.3 Å². The van der Waals surface area contributed by atoms with E-state index in [0.29, 0.717) is 5.76 Å². The van der Waals surface area contributed by atoms with E-state index in [-0.39, 0.29) is 0 Å². The average molecular weight is 206 g/mol. The second-order valence-corrected chi connectivity index (χ2v) is 3.68. The number of rotatable bonds is 2. The van der Waals surface area contributed by atoms with Crippen LogP contribution >= 0.6 is 0 Å². The summed E-state index contributed by atoms with van der Waals surface area (Å²) in [6, 6.07) is 3.64. The smallest absolute Gasteiger partial charge is 0.137 e. The Bertz CT molecular complexity index is 469. The summed E-state index contributed by atoms with van der Waals surface area (Å²) < 4.78 is 7.27. The van der Waals surface area contributed by atoms with E-state index < -0.39 is 6.10 Å². The summed E-state index contributed by atoms with van der Waals surface area (Å²) in [6.07, 6.45) is 1.33. The molecular formula is C11H14N2O2. The number of nitrogens with zero attached hydrogens (tertiary/aromatic N) is 2. The van der Waals surface area contributed by atoms with Gasteiger partial charge in [-0.1, -0.05) is 0 Å². The first-order valence-electron chi connectivity index (χ1n) is 4.86. The third-order valence-electron chi connectivity index (χ3n) is 2.32. The van der Waals surface area contributed by atoms with Crippen LogP contribution in [-0.2, 0) is 7.05 Å². The van der Waals surface area contributed by atoms with Gasteiger partial charge in [0.1, 0.15) is 17.6 Å². The third-order valence-corrected chi connectivity index (χ3v) is 2.32. The molecule has 0 spiro atoms. The molecule has 0 fully saturated rings. The number of furan rings is 1. The number of aliphatic hydroxyl groups is 1. The van der Waals surface area contributed by atoms with Crippen LogP contribution in [0.15, 0.2) is 22.7 Å². The van der Waals surface area contributed by atoms with Gasteiger partial charge in [0.2, 0.25) is 0 Å². The predicted octanol–water partition coefficient (Wildman–Crippen LogP) is 2.04.